The molecule has 0 fully saturated rings. The van der Waals surface area contributed by atoms with Gasteiger partial charge in [-0.25, -0.2) is 4.79 Å². The van der Waals surface area contributed by atoms with Crippen molar-refractivity contribution in [2.24, 2.45) is 0 Å². The number of hydrogen-bond donors (Lipinski definition) is 0. The first kappa shape index (κ1) is 14.6. The van der Waals surface area contributed by atoms with Crippen LogP contribution in [0.1, 0.15) is 52.9 Å². The van der Waals surface area contributed by atoms with Gasteiger partial charge in [0.15, 0.2) is 0 Å². The van der Waals surface area contributed by atoms with E-state index in [0.29, 0.717) is 11.5 Å². The summed E-state index contributed by atoms with van der Waals surface area (Å²) < 4.78 is 10.8. The number of fused-ring (bicyclic) bond motifs is 1. The summed E-state index contributed by atoms with van der Waals surface area (Å²) in [6.45, 7) is 4.38. The molecule has 0 aliphatic carbocycles. The first-order chi connectivity index (χ1) is 10.6. The van der Waals surface area contributed by atoms with Crippen LogP contribution in [-0.2, 0) is 11.2 Å². The first-order valence-electron chi connectivity index (χ1n) is 7.56. The molecule has 0 saturated carbocycles. The van der Waals surface area contributed by atoms with E-state index in [0.717, 1.165) is 17.7 Å². The fraction of sp³-hybridized carbons (Fsp3) is 0.316. The predicted octanol–water partition coefficient (Wildman–Crippen LogP) is 4.27. The fourth-order valence-corrected chi connectivity index (χ4v) is 2.80. The van der Waals surface area contributed by atoms with Gasteiger partial charge in [0, 0.05) is 6.42 Å². The Kier molecular flexibility index (Phi) is 3.88. The Hall–Kier alpha value is -2.29. The van der Waals surface area contributed by atoms with E-state index in [1.165, 1.54) is 18.2 Å². The minimum absolute atomic E-state index is 0.0398. The van der Waals surface area contributed by atoms with Crippen LogP contribution in [0.25, 0.3) is 0 Å². The molecule has 1 unspecified atom stereocenters. The molecule has 3 nitrogen and oxygen atoms in total. The van der Waals surface area contributed by atoms with E-state index >= 15 is 0 Å². The smallest absolute Gasteiger partial charge is 0.337 e. The highest BCUT2D eigenvalue weighted by Gasteiger charge is 2.25. The van der Waals surface area contributed by atoms with Gasteiger partial charge in [0.1, 0.15) is 11.9 Å². The lowest BCUT2D eigenvalue weighted by atomic mass is 9.97. The highest BCUT2D eigenvalue weighted by atomic mass is 16.5. The highest BCUT2D eigenvalue weighted by molar-refractivity contribution is 5.89. The minimum atomic E-state index is -0.320. The van der Waals surface area contributed by atoms with Crippen LogP contribution < -0.4 is 4.74 Å². The molecule has 0 bridgehead atoms. The van der Waals surface area contributed by atoms with Gasteiger partial charge in [0.2, 0.25) is 0 Å². The molecule has 0 aromatic heterocycles. The van der Waals surface area contributed by atoms with E-state index in [9.17, 15) is 4.79 Å². The summed E-state index contributed by atoms with van der Waals surface area (Å²) in [6.07, 6.45) is 0.794. The molecule has 0 N–H and O–H groups in total. The van der Waals surface area contributed by atoms with Crippen LogP contribution >= 0.6 is 0 Å². The van der Waals surface area contributed by atoms with Gasteiger partial charge < -0.3 is 9.47 Å². The maximum absolute atomic E-state index is 11.7. The van der Waals surface area contributed by atoms with Crippen molar-refractivity contribution < 1.29 is 14.3 Å². The maximum Gasteiger partial charge on any atom is 0.337 e. The Balaban J connectivity index is 1.85. The van der Waals surface area contributed by atoms with Gasteiger partial charge in [-0.2, -0.15) is 0 Å². The van der Waals surface area contributed by atoms with Gasteiger partial charge in [-0.15, -0.1) is 0 Å². The second-order valence-electron chi connectivity index (χ2n) is 5.95. The van der Waals surface area contributed by atoms with Crippen LogP contribution in [0, 0.1) is 0 Å². The Bertz CT molecular complexity index is 704. The monoisotopic (exact) mass is 296 g/mol. The van der Waals surface area contributed by atoms with Gasteiger partial charge in [-0.3, -0.25) is 0 Å². The van der Waals surface area contributed by atoms with Crippen molar-refractivity contribution in [3.8, 4) is 5.75 Å². The number of ether oxygens (including phenoxy) is 2. The Morgan fingerprint density at radius 3 is 2.77 bits per heavy atom. The largest absolute Gasteiger partial charge is 0.485 e. The number of esters is 1. The van der Waals surface area contributed by atoms with Crippen LogP contribution in [0.4, 0.5) is 0 Å². The predicted molar refractivity (Wildman–Crippen MR) is 85.4 cm³/mol. The summed E-state index contributed by atoms with van der Waals surface area (Å²) in [4.78, 5) is 11.7. The molecule has 1 aliphatic rings. The van der Waals surface area contributed by atoms with Crippen molar-refractivity contribution in [2.75, 3.05) is 7.11 Å². The first-order valence-corrected chi connectivity index (χ1v) is 7.56. The van der Waals surface area contributed by atoms with Crippen LogP contribution in [-0.4, -0.2) is 13.1 Å². The Labute approximate surface area is 130 Å². The van der Waals surface area contributed by atoms with Gasteiger partial charge in [-0.05, 0) is 40.8 Å². The number of methoxy groups -OCH3 is 1. The molecule has 1 heterocycles. The molecular weight excluding hydrogens is 276 g/mol. The number of hydrogen-bond acceptors (Lipinski definition) is 3. The van der Waals surface area contributed by atoms with Crippen molar-refractivity contribution in [3.63, 3.8) is 0 Å². The molecule has 3 rings (SSSR count). The standard InChI is InChI=1S/C19H20O3/c1-12(2)13-7-8-17-16(9-13)11-18(22-17)14-5-4-6-15(10-14)19(20)21-3/h4-10,12,18H,11H2,1-3H3. The molecule has 1 aliphatic heterocycles. The lowest BCUT2D eigenvalue weighted by Gasteiger charge is -2.12. The molecule has 0 amide bonds. The lowest BCUT2D eigenvalue weighted by molar-refractivity contribution is 0.0600. The Morgan fingerprint density at radius 1 is 1.23 bits per heavy atom. The number of carbonyl (C=O) groups is 1. The average Bonchev–Trinajstić information content (AvgIpc) is 2.97. The molecule has 3 heteroatoms. The van der Waals surface area contributed by atoms with Gasteiger partial charge in [0.05, 0.1) is 12.7 Å². The van der Waals surface area contributed by atoms with E-state index in [1.54, 1.807) is 6.07 Å². The van der Waals surface area contributed by atoms with E-state index in [4.69, 9.17) is 9.47 Å². The second-order valence-corrected chi connectivity index (χ2v) is 5.95. The third-order valence-electron chi connectivity index (χ3n) is 4.11. The van der Waals surface area contributed by atoms with Gasteiger partial charge in [0.25, 0.3) is 0 Å². The van der Waals surface area contributed by atoms with Crippen LogP contribution in [0.2, 0.25) is 0 Å². The van der Waals surface area contributed by atoms with E-state index in [1.807, 2.05) is 18.2 Å². The van der Waals surface area contributed by atoms with E-state index < -0.39 is 0 Å². The number of rotatable bonds is 3. The molecule has 2 aromatic rings. The molecule has 114 valence electrons. The van der Waals surface area contributed by atoms with Crippen molar-refractivity contribution >= 4 is 5.97 Å². The van der Waals surface area contributed by atoms with E-state index in [-0.39, 0.29) is 12.1 Å². The lowest BCUT2D eigenvalue weighted by Crippen LogP contribution is -2.06. The van der Waals surface area contributed by atoms with Crippen LogP contribution in [0.15, 0.2) is 42.5 Å². The summed E-state index contributed by atoms with van der Waals surface area (Å²) in [7, 11) is 1.39. The summed E-state index contributed by atoms with van der Waals surface area (Å²) in [5, 5.41) is 0. The molecular formula is C19H20O3. The Morgan fingerprint density at radius 2 is 2.05 bits per heavy atom. The molecule has 0 radical (unpaired) electrons. The molecule has 1 atom stereocenters. The average molecular weight is 296 g/mol. The zero-order valence-electron chi connectivity index (χ0n) is 13.1. The quantitative estimate of drug-likeness (QED) is 0.793. The molecule has 0 spiro atoms. The van der Waals surface area contributed by atoms with Crippen molar-refractivity contribution in [3.05, 3.63) is 64.7 Å². The SMILES string of the molecule is COC(=O)c1cccc(C2Cc3cc(C(C)C)ccc3O2)c1. The normalized spacial score (nSPS) is 16.3. The summed E-state index contributed by atoms with van der Waals surface area (Å²) >= 11 is 0. The summed E-state index contributed by atoms with van der Waals surface area (Å²) in [5.41, 5.74) is 4.12. The van der Waals surface area contributed by atoms with Crippen LogP contribution in [0.5, 0.6) is 5.75 Å². The van der Waals surface area contributed by atoms with Gasteiger partial charge in [-0.1, -0.05) is 38.1 Å². The summed E-state index contributed by atoms with van der Waals surface area (Å²) in [6, 6.07) is 13.9. The van der Waals surface area contributed by atoms with Crippen LogP contribution in [0.3, 0.4) is 0 Å². The van der Waals surface area contributed by atoms with Crippen molar-refractivity contribution in [1.82, 2.24) is 0 Å². The third-order valence-corrected chi connectivity index (χ3v) is 4.11. The summed E-state index contributed by atoms with van der Waals surface area (Å²) in [5.74, 6) is 1.13. The fourth-order valence-electron chi connectivity index (χ4n) is 2.80. The molecule has 22 heavy (non-hydrogen) atoms. The molecule has 0 saturated heterocycles. The minimum Gasteiger partial charge on any atom is -0.485 e. The highest BCUT2D eigenvalue weighted by Crippen LogP contribution is 2.38. The van der Waals surface area contributed by atoms with Crippen molar-refractivity contribution in [1.29, 1.82) is 0 Å². The zero-order valence-corrected chi connectivity index (χ0v) is 13.1. The topological polar surface area (TPSA) is 35.5 Å². The van der Waals surface area contributed by atoms with Crippen molar-refractivity contribution in [2.45, 2.75) is 32.3 Å². The van der Waals surface area contributed by atoms with Gasteiger partial charge >= 0.3 is 5.97 Å². The number of benzene rings is 2. The number of carbonyl (C=O) groups excluding carboxylic acids is 1. The third kappa shape index (κ3) is 2.71. The zero-order chi connectivity index (χ0) is 15.7. The maximum atomic E-state index is 11.7. The second kappa shape index (κ2) is 5.84. The van der Waals surface area contributed by atoms with E-state index in [2.05, 4.69) is 32.0 Å². The molecule has 2 aromatic carbocycles.